The molecule has 0 fully saturated rings. The van der Waals surface area contributed by atoms with Crippen LogP contribution in [0.15, 0.2) is 24.4 Å². The monoisotopic (exact) mass is 329 g/mol. The van der Waals surface area contributed by atoms with Crippen LogP contribution in [-0.4, -0.2) is 21.6 Å². The van der Waals surface area contributed by atoms with Gasteiger partial charge in [-0.1, -0.05) is 52.0 Å². The standard InChI is InChI=1S/C20H31N3O/c1-7-11-24-19-10-9-16(20(4,5)6)13-18(19)15(3)12-17-14-23(8-2)22-21-17/h9-10,13-15H,7-8,11-12H2,1-6H3. The lowest BCUT2D eigenvalue weighted by Crippen LogP contribution is -2.13. The van der Waals surface area contributed by atoms with Gasteiger partial charge in [0, 0.05) is 12.7 Å². The maximum absolute atomic E-state index is 6.00. The van der Waals surface area contributed by atoms with Gasteiger partial charge in [-0.25, -0.2) is 0 Å². The maximum Gasteiger partial charge on any atom is 0.122 e. The molecule has 132 valence electrons. The minimum absolute atomic E-state index is 0.128. The molecule has 1 atom stereocenters. The first-order chi connectivity index (χ1) is 11.3. The van der Waals surface area contributed by atoms with Crippen LogP contribution in [0.5, 0.6) is 5.75 Å². The van der Waals surface area contributed by atoms with Gasteiger partial charge in [-0.2, -0.15) is 0 Å². The highest BCUT2D eigenvalue weighted by Gasteiger charge is 2.20. The molecule has 0 aliphatic rings. The van der Waals surface area contributed by atoms with Crippen LogP contribution in [-0.2, 0) is 18.4 Å². The molecule has 0 aliphatic heterocycles. The second-order valence-corrected chi connectivity index (χ2v) is 7.52. The van der Waals surface area contributed by atoms with E-state index in [1.165, 1.54) is 11.1 Å². The lowest BCUT2D eigenvalue weighted by molar-refractivity contribution is 0.312. The summed E-state index contributed by atoms with van der Waals surface area (Å²) in [5, 5.41) is 8.43. The fraction of sp³-hybridized carbons (Fsp3) is 0.600. The Morgan fingerprint density at radius 3 is 2.54 bits per heavy atom. The first-order valence-corrected chi connectivity index (χ1v) is 9.01. The Hall–Kier alpha value is -1.84. The normalized spacial score (nSPS) is 13.1. The number of nitrogens with zero attached hydrogens (tertiary/aromatic N) is 3. The Morgan fingerprint density at radius 1 is 1.21 bits per heavy atom. The predicted octanol–water partition coefficient (Wildman–Crippen LogP) is 4.73. The van der Waals surface area contributed by atoms with Crippen LogP contribution >= 0.6 is 0 Å². The molecule has 0 amide bonds. The van der Waals surface area contributed by atoms with Crippen LogP contribution in [0.3, 0.4) is 0 Å². The van der Waals surface area contributed by atoms with E-state index in [0.29, 0.717) is 5.92 Å². The zero-order chi connectivity index (χ0) is 17.7. The lowest BCUT2D eigenvalue weighted by atomic mass is 9.83. The van der Waals surface area contributed by atoms with Crippen molar-refractivity contribution in [3.8, 4) is 5.75 Å². The molecule has 0 spiro atoms. The summed E-state index contributed by atoms with van der Waals surface area (Å²) in [6, 6.07) is 6.62. The van der Waals surface area contributed by atoms with Crippen LogP contribution in [0, 0.1) is 0 Å². The van der Waals surface area contributed by atoms with Gasteiger partial charge in [0.15, 0.2) is 0 Å². The lowest BCUT2D eigenvalue weighted by Gasteiger charge is -2.23. The third-order valence-electron chi connectivity index (χ3n) is 4.29. The molecule has 4 nitrogen and oxygen atoms in total. The number of rotatable bonds is 7. The Bertz CT molecular complexity index is 655. The van der Waals surface area contributed by atoms with E-state index >= 15 is 0 Å². The third kappa shape index (κ3) is 4.59. The van der Waals surface area contributed by atoms with Crippen molar-refractivity contribution in [2.45, 2.75) is 72.3 Å². The topological polar surface area (TPSA) is 39.9 Å². The van der Waals surface area contributed by atoms with E-state index in [-0.39, 0.29) is 5.41 Å². The molecule has 4 heteroatoms. The summed E-state index contributed by atoms with van der Waals surface area (Å²) in [6.45, 7) is 14.8. The number of aromatic nitrogens is 3. The quantitative estimate of drug-likeness (QED) is 0.737. The van der Waals surface area contributed by atoms with E-state index in [2.05, 4.69) is 70.1 Å². The molecule has 1 aromatic carbocycles. The molecule has 0 saturated carbocycles. The average molecular weight is 329 g/mol. The minimum Gasteiger partial charge on any atom is -0.493 e. The van der Waals surface area contributed by atoms with Crippen LogP contribution in [0.2, 0.25) is 0 Å². The Morgan fingerprint density at radius 2 is 1.96 bits per heavy atom. The zero-order valence-corrected chi connectivity index (χ0v) is 16.0. The Labute approximate surface area is 146 Å². The fourth-order valence-corrected chi connectivity index (χ4v) is 2.75. The van der Waals surface area contributed by atoms with Crippen molar-refractivity contribution in [1.29, 1.82) is 0 Å². The summed E-state index contributed by atoms with van der Waals surface area (Å²) in [4.78, 5) is 0. The van der Waals surface area contributed by atoms with Gasteiger partial charge < -0.3 is 4.74 Å². The van der Waals surface area contributed by atoms with Gasteiger partial charge in [0.25, 0.3) is 0 Å². The second kappa shape index (κ2) is 7.82. The average Bonchev–Trinajstić information content (AvgIpc) is 2.99. The van der Waals surface area contributed by atoms with Crippen molar-refractivity contribution in [3.63, 3.8) is 0 Å². The van der Waals surface area contributed by atoms with E-state index in [1.54, 1.807) is 0 Å². The van der Waals surface area contributed by atoms with Gasteiger partial charge >= 0.3 is 0 Å². The van der Waals surface area contributed by atoms with Crippen LogP contribution < -0.4 is 4.74 Å². The molecule has 1 heterocycles. The Balaban J connectivity index is 2.29. The molecule has 2 aromatic rings. The van der Waals surface area contributed by atoms with Gasteiger partial charge in [-0.15, -0.1) is 5.10 Å². The Kier molecular flexibility index (Phi) is 6.03. The van der Waals surface area contributed by atoms with E-state index < -0.39 is 0 Å². The summed E-state index contributed by atoms with van der Waals surface area (Å²) in [6.07, 6.45) is 3.92. The number of aryl methyl sites for hydroxylation is 1. The summed E-state index contributed by atoms with van der Waals surface area (Å²) in [5.74, 6) is 1.33. The van der Waals surface area contributed by atoms with Crippen LogP contribution in [0.25, 0.3) is 0 Å². The smallest absolute Gasteiger partial charge is 0.122 e. The summed E-state index contributed by atoms with van der Waals surface area (Å²) in [5.41, 5.74) is 3.77. The molecule has 0 radical (unpaired) electrons. The molecule has 1 unspecified atom stereocenters. The van der Waals surface area contributed by atoms with Crippen LogP contribution in [0.1, 0.15) is 70.7 Å². The minimum atomic E-state index is 0.128. The molecule has 0 N–H and O–H groups in total. The highest BCUT2D eigenvalue weighted by Crippen LogP contribution is 2.33. The van der Waals surface area contributed by atoms with Gasteiger partial charge in [0.05, 0.1) is 12.3 Å². The second-order valence-electron chi connectivity index (χ2n) is 7.52. The highest BCUT2D eigenvalue weighted by molar-refractivity contribution is 5.42. The van der Waals surface area contributed by atoms with Gasteiger partial charge in [0.2, 0.25) is 0 Å². The van der Waals surface area contributed by atoms with Crippen molar-refractivity contribution < 1.29 is 4.74 Å². The zero-order valence-electron chi connectivity index (χ0n) is 16.0. The van der Waals surface area contributed by atoms with E-state index in [9.17, 15) is 0 Å². The molecule has 0 bridgehead atoms. The third-order valence-corrected chi connectivity index (χ3v) is 4.29. The van der Waals surface area contributed by atoms with E-state index in [1.807, 2.05) is 10.9 Å². The van der Waals surface area contributed by atoms with Crippen molar-refractivity contribution >= 4 is 0 Å². The largest absolute Gasteiger partial charge is 0.493 e. The number of ether oxygens (including phenoxy) is 1. The highest BCUT2D eigenvalue weighted by atomic mass is 16.5. The van der Waals surface area contributed by atoms with E-state index in [0.717, 1.165) is 37.4 Å². The SMILES string of the molecule is CCCOc1ccc(C(C)(C)C)cc1C(C)Cc1cn(CC)nn1. The van der Waals surface area contributed by atoms with Crippen molar-refractivity contribution in [2.75, 3.05) is 6.61 Å². The van der Waals surface area contributed by atoms with Crippen molar-refractivity contribution in [2.24, 2.45) is 0 Å². The van der Waals surface area contributed by atoms with Gasteiger partial charge in [-0.05, 0) is 48.3 Å². The maximum atomic E-state index is 6.00. The predicted molar refractivity (Wildman–Crippen MR) is 98.7 cm³/mol. The van der Waals surface area contributed by atoms with Crippen molar-refractivity contribution in [3.05, 3.63) is 41.2 Å². The molecule has 0 saturated heterocycles. The first kappa shape index (κ1) is 18.5. The number of benzene rings is 1. The summed E-state index contributed by atoms with van der Waals surface area (Å²) in [7, 11) is 0. The first-order valence-electron chi connectivity index (χ1n) is 9.01. The number of hydrogen-bond donors (Lipinski definition) is 0. The fourth-order valence-electron chi connectivity index (χ4n) is 2.75. The van der Waals surface area contributed by atoms with Crippen LogP contribution in [0.4, 0.5) is 0 Å². The number of hydrogen-bond acceptors (Lipinski definition) is 3. The molecule has 24 heavy (non-hydrogen) atoms. The molecular weight excluding hydrogens is 298 g/mol. The molecule has 2 rings (SSSR count). The summed E-state index contributed by atoms with van der Waals surface area (Å²) < 4.78 is 7.88. The van der Waals surface area contributed by atoms with E-state index in [4.69, 9.17) is 4.74 Å². The summed E-state index contributed by atoms with van der Waals surface area (Å²) >= 11 is 0. The van der Waals surface area contributed by atoms with Gasteiger partial charge in [-0.3, -0.25) is 4.68 Å². The van der Waals surface area contributed by atoms with Gasteiger partial charge in [0.1, 0.15) is 5.75 Å². The molecular formula is C20H31N3O. The molecule has 1 aromatic heterocycles. The molecule has 0 aliphatic carbocycles. The van der Waals surface area contributed by atoms with Crippen molar-refractivity contribution in [1.82, 2.24) is 15.0 Å².